The quantitative estimate of drug-likeness (QED) is 0.837. The first-order valence-electron chi connectivity index (χ1n) is 9.78. The van der Waals surface area contributed by atoms with Crippen molar-refractivity contribution in [3.8, 4) is 6.07 Å². The molecule has 2 heterocycles. The van der Waals surface area contributed by atoms with Crippen molar-refractivity contribution in [2.45, 2.75) is 44.9 Å². The summed E-state index contributed by atoms with van der Waals surface area (Å²) in [6.07, 6.45) is 5.74. The molecule has 1 unspecified atom stereocenters. The van der Waals surface area contributed by atoms with Gasteiger partial charge in [-0.25, -0.2) is 0 Å². The summed E-state index contributed by atoms with van der Waals surface area (Å²) in [6.45, 7) is 3.89. The zero-order valence-electron chi connectivity index (χ0n) is 15.6. The fourth-order valence-electron chi connectivity index (χ4n) is 4.25. The molecule has 1 aliphatic heterocycles. The number of nitrogens with zero attached hydrogens (tertiary/aromatic N) is 3. The van der Waals surface area contributed by atoms with Gasteiger partial charge in [0.1, 0.15) is 11.6 Å². The minimum Gasteiger partial charge on any atom is -0.375 e. The number of nitriles is 1. The lowest BCUT2D eigenvalue weighted by molar-refractivity contribution is 0.0408. The lowest BCUT2D eigenvalue weighted by atomic mass is 10.1. The van der Waals surface area contributed by atoms with E-state index in [1.807, 2.05) is 12.3 Å². The molecule has 0 amide bonds. The van der Waals surface area contributed by atoms with Gasteiger partial charge in [-0.2, -0.15) is 5.26 Å². The molecule has 1 fully saturated rings. The van der Waals surface area contributed by atoms with Crippen molar-refractivity contribution in [1.82, 2.24) is 9.47 Å². The summed E-state index contributed by atoms with van der Waals surface area (Å²) in [5.41, 5.74) is 3.58. The molecule has 1 aliphatic carbocycles. The van der Waals surface area contributed by atoms with Crippen LogP contribution in [-0.4, -0.2) is 35.3 Å². The number of hydrogen-bond donors (Lipinski definition) is 0. The van der Waals surface area contributed by atoms with E-state index in [9.17, 15) is 10.1 Å². The second kappa shape index (κ2) is 8.08. The van der Waals surface area contributed by atoms with Gasteiger partial charge in [0.05, 0.1) is 12.6 Å². The SMILES string of the molecule is N#Cc1c2c(cn(CC3CN(Cc4ccccc4)CCCO3)c1=O)CCC2. The highest BCUT2D eigenvalue weighted by atomic mass is 16.5. The maximum absolute atomic E-state index is 12.8. The Bertz CT molecular complexity index is 898. The largest absolute Gasteiger partial charge is 0.375 e. The maximum atomic E-state index is 12.8. The van der Waals surface area contributed by atoms with E-state index in [0.29, 0.717) is 18.7 Å². The van der Waals surface area contributed by atoms with E-state index in [-0.39, 0.29) is 11.7 Å². The highest BCUT2D eigenvalue weighted by Gasteiger charge is 2.23. The summed E-state index contributed by atoms with van der Waals surface area (Å²) < 4.78 is 7.75. The van der Waals surface area contributed by atoms with Gasteiger partial charge in [-0.05, 0) is 42.4 Å². The number of ether oxygens (including phenoxy) is 1. The van der Waals surface area contributed by atoms with E-state index < -0.39 is 0 Å². The lowest BCUT2D eigenvalue weighted by Crippen LogP contribution is -2.37. The van der Waals surface area contributed by atoms with Crippen molar-refractivity contribution in [2.75, 3.05) is 19.7 Å². The number of fused-ring (bicyclic) bond motifs is 1. The van der Waals surface area contributed by atoms with Gasteiger partial charge in [0.25, 0.3) is 5.56 Å². The van der Waals surface area contributed by atoms with Gasteiger partial charge in [0, 0.05) is 32.4 Å². The highest BCUT2D eigenvalue weighted by molar-refractivity contribution is 5.43. The predicted octanol–water partition coefficient (Wildman–Crippen LogP) is 2.50. The summed E-state index contributed by atoms with van der Waals surface area (Å²) in [5.74, 6) is 0. The molecule has 27 heavy (non-hydrogen) atoms. The van der Waals surface area contributed by atoms with Crippen molar-refractivity contribution in [3.63, 3.8) is 0 Å². The van der Waals surface area contributed by atoms with Crippen molar-refractivity contribution < 1.29 is 4.74 Å². The summed E-state index contributed by atoms with van der Waals surface area (Å²) in [4.78, 5) is 15.2. The van der Waals surface area contributed by atoms with E-state index in [2.05, 4.69) is 35.2 Å². The molecule has 0 spiro atoms. The zero-order valence-corrected chi connectivity index (χ0v) is 15.6. The minimum atomic E-state index is -0.166. The number of hydrogen-bond acceptors (Lipinski definition) is 4. The molecule has 1 aromatic carbocycles. The van der Waals surface area contributed by atoms with Crippen LogP contribution >= 0.6 is 0 Å². The van der Waals surface area contributed by atoms with E-state index in [4.69, 9.17) is 4.74 Å². The molecule has 0 N–H and O–H groups in total. The summed E-state index contributed by atoms with van der Waals surface area (Å²) in [7, 11) is 0. The molecular weight excluding hydrogens is 338 g/mol. The fraction of sp³-hybridized carbons (Fsp3) is 0.455. The van der Waals surface area contributed by atoms with Gasteiger partial charge in [-0.3, -0.25) is 9.69 Å². The summed E-state index contributed by atoms with van der Waals surface area (Å²) >= 11 is 0. The Kier molecular flexibility index (Phi) is 5.38. The minimum absolute atomic E-state index is 0.0418. The van der Waals surface area contributed by atoms with Crippen LogP contribution < -0.4 is 5.56 Å². The molecule has 2 aromatic rings. The summed E-state index contributed by atoms with van der Waals surface area (Å²) in [5, 5.41) is 9.46. The molecule has 4 rings (SSSR count). The number of benzene rings is 1. The predicted molar refractivity (Wildman–Crippen MR) is 104 cm³/mol. The van der Waals surface area contributed by atoms with E-state index in [1.165, 1.54) is 5.56 Å². The second-order valence-electron chi connectivity index (χ2n) is 7.50. The molecule has 140 valence electrons. The first-order chi connectivity index (χ1) is 13.2. The van der Waals surface area contributed by atoms with Crippen molar-refractivity contribution in [2.24, 2.45) is 0 Å². The van der Waals surface area contributed by atoms with Crippen LogP contribution in [0.2, 0.25) is 0 Å². The molecule has 1 atom stereocenters. The maximum Gasteiger partial charge on any atom is 0.268 e. The Labute approximate surface area is 159 Å². The third-order valence-corrected chi connectivity index (χ3v) is 5.54. The Morgan fingerprint density at radius 1 is 1.19 bits per heavy atom. The van der Waals surface area contributed by atoms with Crippen LogP contribution in [0.15, 0.2) is 41.3 Å². The van der Waals surface area contributed by atoms with E-state index in [0.717, 1.165) is 56.4 Å². The van der Waals surface area contributed by atoms with Crippen molar-refractivity contribution in [1.29, 1.82) is 5.26 Å². The molecule has 1 saturated heterocycles. The monoisotopic (exact) mass is 363 g/mol. The average Bonchev–Trinajstić information content (AvgIpc) is 3.03. The second-order valence-corrected chi connectivity index (χ2v) is 7.50. The van der Waals surface area contributed by atoms with Crippen molar-refractivity contribution >= 4 is 0 Å². The first-order valence-corrected chi connectivity index (χ1v) is 9.78. The van der Waals surface area contributed by atoms with Gasteiger partial charge in [-0.15, -0.1) is 0 Å². The molecule has 0 bridgehead atoms. The van der Waals surface area contributed by atoms with Gasteiger partial charge >= 0.3 is 0 Å². The van der Waals surface area contributed by atoms with Crippen molar-refractivity contribution in [3.05, 3.63) is 69.1 Å². The zero-order chi connectivity index (χ0) is 18.6. The third kappa shape index (κ3) is 3.97. The van der Waals surface area contributed by atoms with Crippen LogP contribution in [0.25, 0.3) is 0 Å². The molecule has 5 nitrogen and oxygen atoms in total. The third-order valence-electron chi connectivity index (χ3n) is 5.54. The van der Waals surface area contributed by atoms with Crippen LogP contribution in [-0.2, 0) is 30.7 Å². The molecular formula is C22H25N3O2. The fourth-order valence-corrected chi connectivity index (χ4v) is 4.25. The van der Waals surface area contributed by atoms with Crippen LogP contribution in [0, 0.1) is 11.3 Å². The van der Waals surface area contributed by atoms with Crippen LogP contribution in [0.4, 0.5) is 0 Å². The number of aromatic nitrogens is 1. The van der Waals surface area contributed by atoms with Crippen LogP contribution in [0.1, 0.15) is 35.1 Å². The Balaban J connectivity index is 1.52. The van der Waals surface area contributed by atoms with Gasteiger partial charge in [0.2, 0.25) is 0 Å². The van der Waals surface area contributed by atoms with Gasteiger partial charge < -0.3 is 9.30 Å². The van der Waals surface area contributed by atoms with E-state index >= 15 is 0 Å². The molecule has 5 heteroatoms. The molecule has 0 saturated carbocycles. The molecule has 1 aromatic heterocycles. The Morgan fingerprint density at radius 3 is 2.85 bits per heavy atom. The van der Waals surface area contributed by atoms with Crippen LogP contribution in [0.5, 0.6) is 0 Å². The smallest absolute Gasteiger partial charge is 0.268 e. The summed E-state index contributed by atoms with van der Waals surface area (Å²) in [6, 6.07) is 12.6. The Morgan fingerprint density at radius 2 is 2.04 bits per heavy atom. The van der Waals surface area contributed by atoms with Crippen LogP contribution in [0.3, 0.4) is 0 Å². The standard InChI is InChI=1S/C22H25N3O2/c23-12-21-20-9-4-8-18(20)14-25(22(21)26)16-19-15-24(10-5-11-27-19)13-17-6-2-1-3-7-17/h1-3,6-7,14,19H,4-5,8-11,13,15-16H2. The van der Waals surface area contributed by atoms with Gasteiger partial charge in [-0.1, -0.05) is 30.3 Å². The topological polar surface area (TPSA) is 58.3 Å². The molecule has 0 radical (unpaired) electrons. The normalized spacial score (nSPS) is 20.0. The first kappa shape index (κ1) is 18.0. The number of rotatable bonds is 4. The highest BCUT2D eigenvalue weighted by Crippen LogP contribution is 2.23. The Hall–Kier alpha value is -2.42. The number of aryl methyl sites for hydroxylation is 1. The number of pyridine rings is 1. The molecule has 2 aliphatic rings. The average molecular weight is 363 g/mol. The lowest BCUT2D eigenvalue weighted by Gasteiger charge is -2.24. The van der Waals surface area contributed by atoms with E-state index in [1.54, 1.807) is 4.57 Å². The van der Waals surface area contributed by atoms with Gasteiger partial charge in [0.15, 0.2) is 0 Å².